The number of para-hydroxylation sites is 1. The fourth-order valence-electron chi connectivity index (χ4n) is 4.01. The summed E-state index contributed by atoms with van der Waals surface area (Å²) < 4.78 is 5.80. The molecule has 2 aliphatic heterocycles. The number of rotatable bonds is 6. The molecule has 9 heteroatoms. The van der Waals surface area contributed by atoms with Crippen LogP contribution in [0.1, 0.15) is 45.2 Å². The summed E-state index contributed by atoms with van der Waals surface area (Å²) in [6.07, 6.45) is 0.982. The molecule has 1 spiro atoms. The Morgan fingerprint density at radius 2 is 1.82 bits per heavy atom. The lowest BCUT2D eigenvalue weighted by atomic mass is 10.1. The van der Waals surface area contributed by atoms with E-state index in [4.69, 9.17) is 4.74 Å². The van der Waals surface area contributed by atoms with Crippen LogP contribution in [0, 0.1) is 5.92 Å². The van der Waals surface area contributed by atoms with Crippen molar-refractivity contribution in [3.8, 4) is 5.75 Å². The third-order valence-corrected chi connectivity index (χ3v) is 6.88. The molecule has 0 aromatic heterocycles. The molecule has 178 valence electrons. The van der Waals surface area contributed by atoms with Gasteiger partial charge >= 0.3 is 0 Å². The second-order valence-electron chi connectivity index (χ2n) is 8.75. The number of hydrogen-bond acceptors (Lipinski definition) is 6. The number of nitrogens with one attached hydrogen (secondary N) is 1. The number of hydrazone groups is 1. The van der Waals surface area contributed by atoms with Gasteiger partial charge in [0.1, 0.15) is 5.75 Å². The van der Waals surface area contributed by atoms with Crippen molar-refractivity contribution in [2.24, 2.45) is 11.0 Å². The van der Waals surface area contributed by atoms with Crippen LogP contribution in [0.15, 0.2) is 53.6 Å². The largest absolute Gasteiger partial charge is 0.494 e. The van der Waals surface area contributed by atoms with Gasteiger partial charge in [0.15, 0.2) is 5.17 Å². The summed E-state index contributed by atoms with van der Waals surface area (Å²) in [4.78, 5) is 38.3. The second kappa shape index (κ2) is 9.50. The smallest absolute Gasteiger partial charge is 0.271 e. The number of carbonyl (C=O) groups excluding carboxylic acids is 3. The standard InChI is InChI=1S/C25H28N4O4S/c1-16(2)13-14-33-20-11-9-19(10-12-20)15-28-22-8-6-5-7-21(22)25(23(28)32)29(18(4)31)27-24(34-25)26-17(3)30/h5-12,16H,13-15H2,1-4H3,(H,26,27,30). The molecule has 2 aromatic carbocycles. The first-order valence-electron chi connectivity index (χ1n) is 11.2. The zero-order valence-electron chi connectivity index (χ0n) is 19.7. The van der Waals surface area contributed by atoms with E-state index in [-0.39, 0.29) is 22.9 Å². The fourth-order valence-corrected chi connectivity index (χ4v) is 5.34. The van der Waals surface area contributed by atoms with Gasteiger partial charge in [-0.2, -0.15) is 5.01 Å². The van der Waals surface area contributed by atoms with E-state index in [0.29, 0.717) is 30.3 Å². The van der Waals surface area contributed by atoms with Gasteiger partial charge in [-0.3, -0.25) is 14.4 Å². The van der Waals surface area contributed by atoms with Crippen molar-refractivity contribution >= 4 is 40.3 Å². The molecule has 0 saturated carbocycles. The molecule has 2 heterocycles. The molecule has 2 aliphatic rings. The van der Waals surface area contributed by atoms with E-state index < -0.39 is 4.87 Å². The molecule has 0 bridgehead atoms. The van der Waals surface area contributed by atoms with Crippen molar-refractivity contribution in [3.05, 3.63) is 59.7 Å². The Morgan fingerprint density at radius 1 is 1.12 bits per heavy atom. The van der Waals surface area contributed by atoms with Crippen LogP contribution in [0.5, 0.6) is 5.75 Å². The van der Waals surface area contributed by atoms with Gasteiger partial charge in [0.2, 0.25) is 16.7 Å². The fraction of sp³-hybridized carbons (Fsp3) is 0.360. The van der Waals surface area contributed by atoms with Crippen LogP contribution in [0.2, 0.25) is 0 Å². The SMILES string of the molecule is CC(=O)NC1=NN(C(C)=O)C2(S1)C(=O)N(Cc1ccc(OCCC(C)C)cc1)c1ccccc12. The third kappa shape index (κ3) is 4.40. The monoisotopic (exact) mass is 480 g/mol. The van der Waals surface area contributed by atoms with Crippen LogP contribution in [-0.2, 0) is 25.8 Å². The summed E-state index contributed by atoms with van der Waals surface area (Å²) in [6.45, 7) is 8.02. The number of ether oxygens (including phenoxy) is 1. The van der Waals surface area contributed by atoms with Gasteiger partial charge in [0, 0.05) is 19.4 Å². The number of fused-ring (bicyclic) bond motifs is 2. The Balaban J connectivity index is 1.61. The highest BCUT2D eigenvalue weighted by atomic mass is 32.2. The molecule has 34 heavy (non-hydrogen) atoms. The average molecular weight is 481 g/mol. The minimum Gasteiger partial charge on any atom is -0.494 e. The number of carbonyl (C=O) groups is 3. The lowest BCUT2D eigenvalue weighted by molar-refractivity contribution is -0.139. The first kappa shape index (κ1) is 23.8. The quantitative estimate of drug-likeness (QED) is 0.679. The highest BCUT2D eigenvalue weighted by Crippen LogP contribution is 2.54. The molecule has 3 amide bonds. The lowest BCUT2D eigenvalue weighted by Crippen LogP contribution is -2.48. The van der Waals surface area contributed by atoms with Crippen molar-refractivity contribution in [3.63, 3.8) is 0 Å². The summed E-state index contributed by atoms with van der Waals surface area (Å²) in [5.74, 6) is 0.372. The van der Waals surface area contributed by atoms with Crippen molar-refractivity contribution in [1.29, 1.82) is 0 Å². The highest BCUT2D eigenvalue weighted by Gasteiger charge is 2.61. The van der Waals surface area contributed by atoms with Gasteiger partial charge in [0.05, 0.1) is 18.8 Å². The molecule has 0 radical (unpaired) electrons. The molecule has 4 rings (SSSR count). The van der Waals surface area contributed by atoms with Gasteiger partial charge in [0.25, 0.3) is 5.91 Å². The number of anilines is 1. The third-order valence-electron chi connectivity index (χ3n) is 5.64. The summed E-state index contributed by atoms with van der Waals surface area (Å²) in [7, 11) is 0. The van der Waals surface area contributed by atoms with E-state index in [2.05, 4.69) is 24.3 Å². The van der Waals surface area contributed by atoms with Crippen LogP contribution in [0.25, 0.3) is 0 Å². The number of amides is 3. The van der Waals surface area contributed by atoms with Gasteiger partial charge < -0.3 is 15.0 Å². The van der Waals surface area contributed by atoms with E-state index in [9.17, 15) is 14.4 Å². The predicted molar refractivity (Wildman–Crippen MR) is 132 cm³/mol. The molecule has 8 nitrogen and oxygen atoms in total. The normalized spacial score (nSPS) is 19.0. The molecular weight excluding hydrogens is 452 g/mol. The van der Waals surface area contributed by atoms with Crippen LogP contribution < -0.4 is 15.0 Å². The Labute approximate surface area is 203 Å². The lowest BCUT2D eigenvalue weighted by Gasteiger charge is -2.29. The summed E-state index contributed by atoms with van der Waals surface area (Å²) in [6, 6.07) is 15.1. The summed E-state index contributed by atoms with van der Waals surface area (Å²) in [5.41, 5.74) is 2.30. The summed E-state index contributed by atoms with van der Waals surface area (Å²) in [5, 5.41) is 8.29. The topological polar surface area (TPSA) is 91.3 Å². The molecule has 0 saturated heterocycles. The van der Waals surface area contributed by atoms with E-state index in [1.54, 1.807) is 4.90 Å². The van der Waals surface area contributed by atoms with Crippen LogP contribution in [0.3, 0.4) is 0 Å². The second-order valence-corrected chi connectivity index (χ2v) is 9.93. The van der Waals surface area contributed by atoms with E-state index >= 15 is 0 Å². The Kier molecular flexibility index (Phi) is 6.65. The molecular formula is C25H28N4O4S. The van der Waals surface area contributed by atoms with E-state index in [0.717, 1.165) is 29.5 Å². The molecule has 0 fully saturated rings. The maximum absolute atomic E-state index is 13.9. The number of benzene rings is 2. The highest BCUT2D eigenvalue weighted by molar-refractivity contribution is 8.15. The number of hydrogen-bond donors (Lipinski definition) is 1. The molecule has 0 aliphatic carbocycles. The molecule has 1 unspecified atom stereocenters. The van der Waals surface area contributed by atoms with Crippen molar-refractivity contribution in [1.82, 2.24) is 10.3 Å². The number of thioether (sulfide) groups is 1. The summed E-state index contributed by atoms with van der Waals surface area (Å²) >= 11 is 1.08. The Hall–Kier alpha value is -3.33. The van der Waals surface area contributed by atoms with Gasteiger partial charge in [-0.15, -0.1) is 5.10 Å². The molecule has 1 N–H and O–H groups in total. The Bertz CT molecular complexity index is 1150. The zero-order chi connectivity index (χ0) is 24.5. The van der Waals surface area contributed by atoms with Gasteiger partial charge in [-0.1, -0.05) is 44.2 Å². The maximum Gasteiger partial charge on any atom is 0.271 e. The van der Waals surface area contributed by atoms with Gasteiger partial charge in [-0.05, 0) is 47.9 Å². The first-order valence-corrected chi connectivity index (χ1v) is 12.0. The Morgan fingerprint density at radius 3 is 2.47 bits per heavy atom. The number of amidine groups is 1. The molecule has 1 atom stereocenters. The first-order chi connectivity index (χ1) is 16.2. The minimum atomic E-state index is -1.39. The zero-order valence-corrected chi connectivity index (χ0v) is 20.5. The van der Waals surface area contributed by atoms with Crippen molar-refractivity contribution in [2.75, 3.05) is 11.5 Å². The molecule has 2 aromatic rings. The maximum atomic E-state index is 13.9. The number of nitrogens with zero attached hydrogens (tertiary/aromatic N) is 3. The minimum absolute atomic E-state index is 0.218. The van der Waals surface area contributed by atoms with Crippen LogP contribution in [0.4, 0.5) is 5.69 Å². The average Bonchev–Trinajstić information content (AvgIpc) is 3.27. The predicted octanol–water partition coefficient (Wildman–Crippen LogP) is 3.81. The van der Waals surface area contributed by atoms with E-state index in [1.165, 1.54) is 18.9 Å². The van der Waals surface area contributed by atoms with E-state index in [1.807, 2.05) is 48.5 Å². The van der Waals surface area contributed by atoms with Crippen molar-refractivity contribution < 1.29 is 19.1 Å². The van der Waals surface area contributed by atoms with Crippen LogP contribution >= 0.6 is 11.8 Å². The van der Waals surface area contributed by atoms with Gasteiger partial charge in [-0.25, -0.2) is 0 Å². The van der Waals surface area contributed by atoms with Crippen LogP contribution in [-0.4, -0.2) is 34.5 Å². The van der Waals surface area contributed by atoms with Crippen molar-refractivity contribution in [2.45, 2.75) is 45.5 Å².